The number of pyridine rings is 1. The Hall–Kier alpha value is -3.13. The zero-order chi connectivity index (χ0) is 19.6. The molecule has 3 heterocycles. The van der Waals surface area contributed by atoms with Crippen molar-refractivity contribution >= 4 is 28.9 Å². The van der Waals surface area contributed by atoms with Crippen LogP contribution < -0.4 is 5.43 Å². The van der Waals surface area contributed by atoms with Gasteiger partial charge in [-0.15, -0.1) is 0 Å². The summed E-state index contributed by atoms with van der Waals surface area (Å²) < 4.78 is 10.7. The van der Waals surface area contributed by atoms with Crippen LogP contribution in [0.5, 0.6) is 0 Å². The van der Waals surface area contributed by atoms with Gasteiger partial charge in [-0.3, -0.25) is 10.2 Å². The fraction of sp³-hybridized carbons (Fsp3) is 0.316. The minimum atomic E-state index is -0.717. The number of aromatic nitrogens is 2. The third-order valence-electron chi connectivity index (χ3n) is 4.19. The highest BCUT2D eigenvalue weighted by atomic mass is 16.5. The Morgan fingerprint density at radius 2 is 2.26 bits per heavy atom. The largest absolute Gasteiger partial charge is 0.462 e. The molecule has 8 nitrogen and oxygen atoms in total. The summed E-state index contributed by atoms with van der Waals surface area (Å²) in [7, 11) is 1.79. The minimum Gasteiger partial charge on any atom is -0.462 e. The number of hydrazine groups is 1. The average Bonchev–Trinajstić information content (AvgIpc) is 3.17. The van der Waals surface area contributed by atoms with Crippen LogP contribution in [0.4, 0.5) is 0 Å². The van der Waals surface area contributed by atoms with Crippen molar-refractivity contribution in [2.75, 3.05) is 13.7 Å². The molecule has 2 aromatic rings. The molecule has 2 aromatic heterocycles. The van der Waals surface area contributed by atoms with E-state index in [2.05, 4.69) is 15.4 Å². The Labute approximate surface area is 156 Å². The van der Waals surface area contributed by atoms with Gasteiger partial charge in [0, 0.05) is 36.4 Å². The quantitative estimate of drug-likeness (QED) is 0.348. The monoisotopic (exact) mass is 370 g/mol. The maximum absolute atomic E-state index is 12.8. The SMILES string of the molecule is CCOC(=O)C1=C(NN(C)C(C)C)OC(=Cc2c[nH]c3ncccc23)C1=O. The van der Waals surface area contributed by atoms with Crippen molar-refractivity contribution in [3.8, 4) is 0 Å². The lowest BCUT2D eigenvalue weighted by Gasteiger charge is -2.23. The van der Waals surface area contributed by atoms with Crippen molar-refractivity contribution in [1.29, 1.82) is 0 Å². The lowest BCUT2D eigenvalue weighted by molar-refractivity contribution is -0.139. The summed E-state index contributed by atoms with van der Waals surface area (Å²) in [6.45, 7) is 5.77. The van der Waals surface area contributed by atoms with Gasteiger partial charge in [0.1, 0.15) is 5.65 Å². The molecule has 0 aromatic carbocycles. The summed E-state index contributed by atoms with van der Waals surface area (Å²) in [5.74, 6) is -1.13. The van der Waals surface area contributed by atoms with Gasteiger partial charge in [0.05, 0.1) is 6.61 Å². The number of ether oxygens (including phenoxy) is 2. The van der Waals surface area contributed by atoms with Crippen LogP contribution >= 0.6 is 0 Å². The smallest absolute Gasteiger partial charge is 0.347 e. The third kappa shape index (κ3) is 3.70. The number of nitrogens with one attached hydrogen (secondary N) is 2. The zero-order valence-electron chi connectivity index (χ0n) is 15.7. The van der Waals surface area contributed by atoms with Crippen LogP contribution in [0.1, 0.15) is 26.3 Å². The average molecular weight is 370 g/mol. The van der Waals surface area contributed by atoms with Gasteiger partial charge in [-0.25, -0.2) is 14.8 Å². The first kappa shape index (κ1) is 18.7. The molecule has 0 fully saturated rings. The summed E-state index contributed by atoms with van der Waals surface area (Å²) in [6, 6.07) is 3.81. The number of carbonyl (C=O) groups is 2. The Morgan fingerprint density at radius 1 is 1.48 bits per heavy atom. The number of ketones is 1. The maximum atomic E-state index is 12.8. The molecular formula is C19H22N4O4. The Bertz CT molecular complexity index is 942. The predicted octanol–water partition coefficient (Wildman–Crippen LogP) is 2.12. The Morgan fingerprint density at radius 3 is 2.96 bits per heavy atom. The summed E-state index contributed by atoms with van der Waals surface area (Å²) in [5.41, 5.74) is 4.25. The normalized spacial score (nSPS) is 15.9. The van der Waals surface area contributed by atoms with Crippen molar-refractivity contribution in [3.63, 3.8) is 0 Å². The number of nitrogens with zero attached hydrogens (tertiary/aromatic N) is 2. The second kappa shape index (κ2) is 7.63. The topological polar surface area (TPSA) is 96.6 Å². The van der Waals surface area contributed by atoms with E-state index in [0.29, 0.717) is 5.65 Å². The molecule has 0 aliphatic carbocycles. The molecule has 142 valence electrons. The van der Waals surface area contributed by atoms with Gasteiger partial charge in [0.2, 0.25) is 11.7 Å². The molecule has 27 heavy (non-hydrogen) atoms. The van der Waals surface area contributed by atoms with E-state index in [1.54, 1.807) is 37.5 Å². The van der Waals surface area contributed by atoms with E-state index in [0.717, 1.165) is 10.9 Å². The molecule has 0 spiro atoms. The summed E-state index contributed by atoms with van der Waals surface area (Å²) in [5, 5.41) is 2.58. The summed E-state index contributed by atoms with van der Waals surface area (Å²) in [6.07, 6.45) is 5.00. The number of aromatic amines is 1. The summed E-state index contributed by atoms with van der Waals surface area (Å²) in [4.78, 5) is 32.4. The van der Waals surface area contributed by atoms with Crippen LogP contribution in [0, 0.1) is 0 Å². The molecule has 1 aliphatic heterocycles. The van der Waals surface area contributed by atoms with E-state index in [-0.39, 0.29) is 29.9 Å². The van der Waals surface area contributed by atoms with Crippen molar-refractivity contribution < 1.29 is 19.1 Å². The maximum Gasteiger partial charge on any atom is 0.347 e. The van der Waals surface area contributed by atoms with Crippen LogP contribution in [-0.2, 0) is 19.1 Å². The number of hydrogen-bond acceptors (Lipinski definition) is 7. The van der Waals surface area contributed by atoms with Crippen molar-refractivity contribution in [3.05, 3.63) is 47.3 Å². The molecule has 0 unspecified atom stereocenters. The van der Waals surface area contributed by atoms with Gasteiger partial charge in [-0.1, -0.05) is 0 Å². The molecular weight excluding hydrogens is 348 g/mol. The van der Waals surface area contributed by atoms with Crippen molar-refractivity contribution in [2.45, 2.75) is 26.8 Å². The van der Waals surface area contributed by atoms with Crippen LogP contribution in [-0.4, -0.2) is 46.4 Å². The van der Waals surface area contributed by atoms with Gasteiger partial charge in [-0.2, -0.15) is 0 Å². The van der Waals surface area contributed by atoms with E-state index in [4.69, 9.17) is 9.47 Å². The fourth-order valence-electron chi connectivity index (χ4n) is 2.52. The summed E-state index contributed by atoms with van der Waals surface area (Å²) >= 11 is 0. The molecule has 0 radical (unpaired) electrons. The highest BCUT2D eigenvalue weighted by Gasteiger charge is 2.37. The molecule has 0 saturated heterocycles. The lowest BCUT2D eigenvalue weighted by Crippen LogP contribution is -2.39. The van der Waals surface area contributed by atoms with Gasteiger partial charge in [-0.05, 0) is 39.0 Å². The van der Waals surface area contributed by atoms with Gasteiger partial charge < -0.3 is 14.5 Å². The number of rotatable bonds is 6. The molecule has 2 N–H and O–H groups in total. The molecule has 3 rings (SSSR count). The number of esters is 1. The Balaban J connectivity index is 1.96. The lowest BCUT2D eigenvalue weighted by atomic mass is 10.1. The molecule has 0 bridgehead atoms. The minimum absolute atomic E-state index is 0.0439. The van der Waals surface area contributed by atoms with E-state index < -0.39 is 11.8 Å². The van der Waals surface area contributed by atoms with Gasteiger partial charge in [0.15, 0.2) is 11.3 Å². The fourth-order valence-corrected chi connectivity index (χ4v) is 2.52. The van der Waals surface area contributed by atoms with Gasteiger partial charge >= 0.3 is 5.97 Å². The molecule has 8 heteroatoms. The van der Waals surface area contributed by atoms with Crippen molar-refractivity contribution in [2.24, 2.45) is 0 Å². The van der Waals surface area contributed by atoms with Crippen LogP contribution in [0.2, 0.25) is 0 Å². The van der Waals surface area contributed by atoms with E-state index in [1.807, 2.05) is 26.0 Å². The first-order valence-corrected chi connectivity index (χ1v) is 8.69. The first-order valence-electron chi connectivity index (χ1n) is 8.69. The van der Waals surface area contributed by atoms with Crippen LogP contribution in [0.15, 0.2) is 41.7 Å². The number of H-pyrrole nitrogens is 1. The second-order valence-corrected chi connectivity index (χ2v) is 6.32. The van der Waals surface area contributed by atoms with Gasteiger partial charge in [0.25, 0.3) is 0 Å². The number of Topliss-reactive ketones (excluding diaryl/α,β-unsaturated/α-hetero) is 1. The molecule has 1 aliphatic rings. The van der Waals surface area contributed by atoms with E-state index >= 15 is 0 Å². The standard InChI is InChI=1S/C19H22N4O4/c1-5-26-19(25)15-16(24)14(27-18(15)22-23(4)11(2)3)9-12-10-21-17-13(12)7-6-8-20-17/h6-11,22H,5H2,1-4H3,(H,20,21). The van der Waals surface area contributed by atoms with Crippen LogP contribution in [0.3, 0.4) is 0 Å². The number of carbonyl (C=O) groups excluding carboxylic acids is 2. The highest BCUT2D eigenvalue weighted by molar-refractivity contribution is 6.26. The third-order valence-corrected chi connectivity index (χ3v) is 4.19. The van der Waals surface area contributed by atoms with E-state index in [1.165, 1.54) is 0 Å². The number of hydrogen-bond donors (Lipinski definition) is 2. The molecule has 0 saturated carbocycles. The predicted molar refractivity (Wildman–Crippen MR) is 99.9 cm³/mol. The Kier molecular flexibility index (Phi) is 5.27. The highest BCUT2D eigenvalue weighted by Crippen LogP contribution is 2.28. The second-order valence-electron chi connectivity index (χ2n) is 6.32. The van der Waals surface area contributed by atoms with E-state index in [9.17, 15) is 9.59 Å². The first-order chi connectivity index (χ1) is 12.9. The molecule has 0 amide bonds. The number of fused-ring (bicyclic) bond motifs is 1. The zero-order valence-corrected chi connectivity index (χ0v) is 15.7. The number of allylic oxidation sites excluding steroid dienone is 1. The van der Waals surface area contributed by atoms with Crippen molar-refractivity contribution in [1.82, 2.24) is 20.4 Å². The molecule has 0 atom stereocenters. The van der Waals surface area contributed by atoms with Crippen LogP contribution in [0.25, 0.3) is 17.1 Å².